The normalized spacial score (nSPS) is 16.6. The summed E-state index contributed by atoms with van der Waals surface area (Å²) in [4.78, 5) is 14.0. The summed E-state index contributed by atoms with van der Waals surface area (Å²) in [6, 6.07) is 12.0. The average Bonchev–Trinajstić information content (AvgIpc) is 2.49. The van der Waals surface area contributed by atoms with E-state index in [0.717, 1.165) is 22.1 Å². The number of aliphatic hydroxyl groups is 1. The SMILES string of the molecule is COc1ccc2cc([C@H](C)C(=O)N3CC(O)C3)ccc2c1. The summed E-state index contributed by atoms with van der Waals surface area (Å²) in [6.07, 6.45) is -0.356. The summed E-state index contributed by atoms with van der Waals surface area (Å²) in [5.74, 6) is 0.714. The van der Waals surface area contributed by atoms with Crippen molar-refractivity contribution in [2.75, 3.05) is 20.2 Å². The molecule has 0 radical (unpaired) electrons. The number of likely N-dealkylation sites (tertiary alicyclic amines) is 1. The molecule has 0 aromatic heterocycles. The van der Waals surface area contributed by atoms with Crippen molar-refractivity contribution in [3.05, 3.63) is 42.0 Å². The Balaban J connectivity index is 1.85. The molecule has 2 aromatic rings. The molecule has 1 fully saturated rings. The fourth-order valence-electron chi connectivity index (χ4n) is 2.69. The molecule has 1 atom stereocenters. The molecule has 0 unspecified atom stereocenters. The van der Waals surface area contributed by atoms with Gasteiger partial charge in [-0.1, -0.05) is 24.3 Å². The third kappa shape index (κ3) is 2.59. The van der Waals surface area contributed by atoms with E-state index < -0.39 is 0 Å². The molecule has 4 heteroatoms. The highest BCUT2D eigenvalue weighted by Gasteiger charge is 2.31. The van der Waals surface area contributed by atoms with E-state index in [1.807, 2.05) is 43.3 Å². The number of rotatable bonds is 3. The van der Waals surface area contributed by atoms with Gasteiger partial charge >= 0.3 is 0 Å². The van der Waals surface area contributed by atoms with Crippen LogP contribution in [0.3, 0.4) is 0 Å². The smallest absolute Gasteiger partial charge is 0.230 e. The van der Waals surface area contributed by atoms with Crippen LogP contribution in [-0.2, 0) is 4.79 Å². The Morgan fingerprint density at radius 1 is 1.24 bits per heavy atom. The van der Waals surface area contributed by atoms with Crippen molar-refractivity contribution in [2.24, 2.45) is 0 Å². The van der Waals surface area contributed by atoms with E-state index in [1.54, 1.807) is 12.0 Å². The number of carbonyl (C=O) groups is 1. The van der Waals surface area contributed by atoms with Crippen molar-refractivity contribution in [3.8, 4) is 5.75 Å². The number of nitrogens with zero attached hydrogens (tertiary/aromatic N) is 1. The maximum atomic E-state index is 12.3. The first-order valence-electron chi connectivity index (χ1n) is 7.13. The van der Waals surface area contributed by atoms with Crippen molar-refractivity contribution in [2.45, 2.75) is 18.9 Å². The Labute approximate surface area is 123 Å². The van der Waals surface area contributed by atoms with Crippen LogP contribution in [0.2, 0.25) is 0 Å². The second kappa shape index (κ2) is 5.37. The number of hydrogen-bond acceptors (Lipinski definition) is 3. The van der Waals surface area contributed by atoms with Gasteiger partial charge in [0.25, 0.3) is 0 Å². The topological polar surface area (TPSA) is 49.8 Å². The third-order valence-electron chi connectivity index (χ3n) is 4.12. The second-order valence-corrected chi connectivity index (χ2v) is 5.59. The van der Waals surface area contributed by atoms with Crippen LogP contribution >= 0.6 is 0 Å². The number of methoxy groups -OCH3 is 1. The number of β-amino-alcohol motifs (C(OH)–C–C–N with tert-alkyl or cyclic N) is 1. The molecule has 21 heavy (non-hydrogen) atoms. The van der Waals surface area contributed by atoms with E-state index in [9.17, 15) is 9.90 Å². The molecule has 1 aliphatic rings. The van der Waals surface area contributed by atoms with Crippen LogP contribution in [-0.4, -0.2) is 42.2 Å². The standard InChI is InChI=1S/C17H19NO3/c1-11(17(20)18-9-15(19)10-18)12-3-4-14-8-16(21-2)6-5-13(14)7-12/h3-8,11,15,19H,9-10H2,1-2H3/t11-/m0/s1. The molecule has 4 nitrogen and oxygen atoms in total. The van der Waals surface area contributed by atoms with Crippen LogP contribution in [0.1, 0.15) is 18.4 Å². The Morgan fingerprint density at radius 3 is 2.57 bits per heavy atom. The Hall–Kier alpha value is -2.07. The first kappa shape index (κ1) is 13.9. The van der Waals surface area contributed by atoms with E-state index in [0.29, 0.717) is 13.1 Å². The molecule has 0 spiro atoms. The molecule has 1 saturated heterocycles. The van der Waals surface area contributed by atoms with Crippen LogP contribution in [0.4, 0.5) is 0 Å². The van der Waals surface area contributed by atoms with E-state index in [4.69, 9.17) is 4.74 Å². The quantitative estimate of drug-likeness (QED) is 0.940. The highest BCUT2D eigenvalue weighted by Crippen LogP contribution is 2.27. The van der Waals surface area contributed by atoms with Gasteiger partial charge in [0.05, 0.1) is 19.1 Å². The summed E-state index contributed by atoms with van der Waals surface area (Å²) >= 11 is 0. The lowest BCUT2D eigenvalue weighted by molar-refractivity contribution is -0.142. The number of amides is 1. The highest BCUT2D eigenvalue weighted by molar-refractivity contribution is 5.88. The molecular weight excluding hydrogens is 266 g/mol. The summed E-state index contributed by atoms with van der Waals surface area (Å²) in [5, 5.41) is 11.5. The van der Waals surface area contributed by atoms with Gasteiger partial charge in [0, 0.05) is 13.1 Å². The Morgan fingerprint density at radius 2 is 1.90 bits per heavy atom. The van der Waals surface area contributed by atoms with Crippen molar-refractivity contribution in [1.29, 1.82) is 0 Å². The van der Waals surface area contributed by atoms with Gasteiger partial charge in [0.2, 0.25) is 5.91 Å². The number of carbonyl (C=O) groups excluding carboxylic acids is 1. The molecule has 0 aliphatic carbocycles. The van der Waals surface area contributed by atoms with Gasteiger partial charge in [-0.2, -0.15) is 0 Å². The predicted molar refractivity (Wildman–Crippen MR) is 81.5 cm³/mol. The maximum Gasteiger partial charge on any atom is 0.230 e. The van der Waals surface area contributed by atoms with Crippen LogP contribution < -0.4 is 4.74 Å². The summed E-state index contributed by atoms with van der Waals surface area (Å²) in [7, 11) is 1.65. The number of aliphatic hydroxyl groups excluding tert-OH is 1. The van der Waals surface area contributed by atoms with E-state index in [1.165, 1.54) is 0 Å². The summed E-state index contributed by atoms with van der Waals surface area (Å²) in [5.41, 5.74) is 0.999. The number of fused-ring (bicyclic) bond motifs is 1. The largest absolute Gasteiger partial charge is 0.497 e. The number of ether oxygens (including phenoxy) is 1. The lowest BCUT2D eigenvalue weighted by Crippen LogP contribution is -2.54. The van der Waals surface area contributed by atoms with Crippen molar-refractivity contribution in [3.63, 3.8) is 0 Å². The summed E-state index contributed by atoms with van der Waals surface area (Å²) < 4.78 is 5.22. The van der Waals surface area contributed by atoms with E-state index in [-0.39, 0.29) is 17.9 Å². The summed E-state index contributed by atoms with van der Waals surface area (Å²) in [6.45, 7) is 2.82. The van der Waals surface area contributed by atoms with Crippen molar-refractivity contribution >= 4 is 16.7 Å². The Kier molecular flexibility index (Phi) is 3.55. The van der Waals surface area contributed by atoms with E-state index in [2.05, 4.69) is 0 Å². The van der Waals surface area contributed by atoms with Crippen LogP contribution in [0.15, 0.2) is 36.4 Å². The minimum atomic E-state index is -0.356. The lowest BCUT2D eigenvalue weighted by atomic mass is 9.95. The molecular formula is C17H19NO3. The van der Waals surface area contributed by atoms with Gasteiger partial charge in [-0.05, 0) is 35.4 Å². The molecule has 3 rings (SSSR count). The minimum absolute atomic E-state index is 0.0770. The minimum Gasteiger partial charge on any atom is -0.497 e. The molecule has 110 valence electrons. The zero-order valence-electron chi connectivity index (χ0n) is 12.2. The maximum absolute atomic E-state index is 12.3. The fraction of sp³-hybridized carbons (Fsp3) is 0.353. The van der Waals surface area contributed by atoms with Gasteiger partial charge in [0.15, 0.2) is 0 Å². The number of benzene rings is 2. The average molecular weight is 285 g/mol. The van der Waals surface area contributed by atoms with Crippen molar-refractivity contribution < 1.29 is 14.6 Å². The van der Waals surface area contributed by atoms with Crippen LogP contribution in [0, 0.1) is 0 Å². The predicted octanol–water partition coefficient (Wildman–Crippen LogP) is 2.16. The molecule has 1 amide bonds. The third-order valence-corrected chi connectivity index (χ3v) is 4.12. The van der Waals surface area contributed by atoms with Gasteiger partial charge in [0.1, 0.15) is 5.75 Å². The zero-order valence-corrected chi connectivity index (χ0v) is 12.2. The van der Waals surface area contributed by atoms with Gasteiger partial charge < -0.3 is 14.7 Å². The Bertz CT molecular complexity index is 677. The van der Waals surface area contributed by atoms with Crippen LogP contribution in [0.25, 0.3) is 10.8 Å². The molecule has 0 saturated carbocycles. The molecule has 0 bridgehead atoms. The molecule has 1 N–H and O–H groups in total. The monoisotopic (exact) mass is 285 g/mol. The molecule has 1 heterocycles. The first-order chi connectivity index (χ1) is 10.1. The first-order valence-corrected chi connectivity index (χ1v) is 7.13. The lowest BCUT2D eigenvalue weighted by Gasteiger charge is -2.37. The van der Waals surface area contributed by atoms with E-state index >= 15 is 0 Å². The van der Waals surface area contributed by atoms with Gasteiger partial charge in [-0.3, -0.25) is 4.79 Å². The highest BCUT2D eigenvalue weighted by atomic mass is 16.5. The van der Waals surface area contributed by atoms with Gasteiger partial charge in [-0.15, -0.1) is 0 Å². The fourth-order valence-corrected chi connectivity index (χ4v) is 2.69. The second-order valence-electron chi connectivity index (χ2n) is 5.59. The van der Waals surface area contributed by atoms with Crippen LogP contribution in [0.5, 0.6) is 5.75 Å². The zero-order chi connectivity index (χ0) is 15.0. The van der Waals surface area contributed by atoms with Gasteiger partial charge in [-0.25, -0.2) is 0 Å². The van der Waals surface area contributed by atoms with Crippen molar-refractivity contribution in [1.82, 2.24) is 4.90 Å². The number of hydrogen-bond donors (Lipinski definition) is 1. The molecule has 2 aromatic carbocycles. The molecule has 1 aliphatic heterocycles.